The van der Waals surface area contributed by atoms with E-state index in [4.69, 9.17) is 9.17 Å². The van der Waals surface area contributed by atoms with Crippen LogP contribution in [0.5, 0.6) is 0 Å². The number of nitrogens with zero attached hydrogens (tertiary/aromatic N) is 2. The predicted octanol–water partition coefficient (Wildman–Crippen LogP) is 5.38. The number of nitrogens with one attached hydrogen (secondary N) is 1. The number of fused-ring (bicyclic) bond motifs is 1. The third-order valence-corrected chi connectivity index (χ3v) is 8.18. The average Bonchev–Trinajstić information content (AvgIpc) is 3.10. The van der Waals surface area contributed by atoms with Crippen molar-refractivity contribution in [1.82, 2.24) is 14.7 Å². The van der Waals surface area contributed by atoms with Gasteiger partial charge in [-0.2, -0.15) is 0 Å². The zero-order valence-electron chi connectivity index (χ0n) is 11.8. The molecule has 2 aliphatic rings. The van der Waals surface area contributed by atoms with Gasteiger partial charge in [0.1, 0.15) is 8.06 Å². The molecule has 0 aromatic carbocycles. The highest BCUT2D eigenvalue weighted by Crippen LogP contribution is 2.65. The van der Waals surface area contributed by atoms with Crippen molar-refractivity contribution < 1.29 is 4.18 Å². The van der Waals surface area contributed by atoms with E-state index in [9.17, 15) is 0 Å². The lowest BCUT2D eigenvalue weighted by molar-refractivity contribution is 0.225. The van der Waals surface area contributed by atoms with Crippen LogP contribution in [0.2, 0.25) is 0 Å². The van der Waals surface area contributed by atoms with Crippen molar-refractivity contribution >= 4 is 63.8 Å². The molecule has 0 amide bonds. The van der Waals surface area contributed by atoms with E-state index in [1.807, 2.05) is 0 Å². The molecule has 4 nitrogen and oxygen atoms in total. The first kappa shape index (κ1) is 16.3. The summed E-state index contributed by atoms with van der Waals surface area (Å²) in [5, 5.41) is 3.55. The summed E-state index contributed by atoms with van der Waals surface area (Å²) in [6.07, 6.45) is 8.35. The summed E-state index contributed by atoms with van der Waals surface area (Å²) in [6, 6.07) is 4.58. The molecule has 22 heavy (non-hydrogen) atoms. The summed E-state index contributed by atoms with van der Waals surface area (Å²) in [5.74, 6) is 0.777. The molecule has 2 aromatic rings. The van der Waals surface area contributed by atoms with E-state index >= 15 is 0 Å². The second kappa shape index (κ2) is 7.00. The van der Waals surface area contributed by atoms with E-state index in [0.717, 1.165) is 30.2 Å². The number of pyridine rings is 1. The number of halogens is 2. The first-order valence-corrected chi connectivity index (χ1v) is 15.6. The van der Waals surface area contributed by atoms with Crippen LogP contribution in [-0.4, -0.2) is 22.0 Å². The zero-order chi connectivity index (χ0) is 15.1. The van der Waals surface area contributed by atoms with Gasteiger partial charge in [0.15, 0.2) is 0 Å². The molecule has 2 aromatic heterocycles. The molecule has 3 heterocycles. The minimum atomic E-state index is -0.148. The Bertz CT molecular complexity index is 679. The van der Waals surface area contributed by atoms with Gasteiger partial charge in [-0.05, 0) is 87.4 Å². The Hall–Kier alpha value is 0.850. The van der Waals surface area contributed by atoms with Gasteiger partial charge in [0, 0.05) is 24.1 Å². The molecule has 118 valence electrons. The van der Waals surface area contributed by atoms with Crippen LogP contribution < -0.4 is 5.32 Å². The fraction of sp³-hybridized carbons (Fsp3) is 0.500. The Morgan fingerprint density at radius 1 is 1.27 bits per heavy atom. The van der Waals surface area contributed by atoms with Crippen molar-refractivity contribution in [1.29, 1.82) is 0 Å². The lowest BCUT2D eigenvalue weighted by Crippen LogP contribution is -2.22. The van der Waals surface area contributed by atoms with Crippen LogP contribution in [0, 0.1) is 0 Å². The van der Waals surface area contributed by atoms with Gasteiger partial charge in [-0.3, -0.25) is 0 Å². The highest BCUT2D eigenvalue weighted by molar-refractivity contribution is 14.3. The number of hydrogen-bond donors (Lipinski definition) is 1. The van der Waals surface area contributed by atoms with Gasteiger partial charge in [0.05, 0.1) is 17.8 Å². The molecule has 1 saturated heterocycles. The molecular formula is C14H16I2N3OPS. The average molecular weight is 559 g/mol. The maximum absolute atomic E-state index is 6.02. The molecule has 2 fully saturated rings. The highest BCUT2D eigenvalue weighted by Gasteiger charge is 2.32. The Morgan fingerprint density at radius 3 is 2.91 bits per heavy atom. The number of hydrogen-bond acceptors (Lipinski definition) is 4. The van der Waals surface area contributed by atoms with Gasteiger partial charge in [-0.15, -0.1) is 0 Å². The first-order valence-electron chi connectivity index (χ1n) is 7.38. The zero-order valence-corrected chi connectivity index (χ0v) is 17.8. The Balaban J connectivity index is 1.56. The maximum Gasteiger partial charge on any atom is 0.137 e. The third kappa shape index (κ3) is 3.59. The fourth-order valence-electron chi connectivity index (χ4n) is 3.00. The van der Waals surface area contributed by atoms with Crippen LogP contribution in [0.15, 0.2) is 24.5 Å². The lowest BCUT2D eigenvalue weighted by Gasteiger charge is -2.17. The summed E-state index contributed by atoms with van der Waals surface area (Å²) in [5.41, 5.74) is 3.58. The Kier molecular flexibility index (Phi) is 5.19. The van der Waals surface area contributed by atoms with Crippen molar-refractivity contribution in [2.24, 2.45) is 0 Å². The molecule has 1 saturated carbocycles. The van der Waals surface area contributed by atoms with E-state index in [1.54, 1.807) is 11.7 Å². The fourth-order valence-corrected chi connectivity index (χ4v) is 5.58. The first-order chi connectivity index (χ1) is 10.7. The summed E-state index contributed by atoms with van der Waals surface area (Å²) in [4.78, 5) is 4.81. The van der Waals surface area contributed by atoms with E-state index in [0.29, 0.717) is 0 Å². The summed E-state index contributed by atoms with van der Waals surface area (Å²) in [7, 11) is 0. The molecule has 0 spiro atoms. The predicted molar refractivity (Wildman–Crippen MR) is 110 cm³/mol. The van der Waals surface area contributed by atoms with Crippen LogP contribution in [-0.2, 0) is 4.18 Å². The smallest absolute Gasteiger partial charge is 0.137 e. The molecule has 2 atom stereocenters. The SMILES string of the molecule is IP(I)SO[C@H]1CCN[C@@H]1c1cn2cc(C3CC3)ccc2n1. The monoisotopic (exact) mass is 559 g/mol. The summed E-state index contributed by atoms with van der Waals surface area (Å²) < 4.78 is 8.05. The van der Waals surface area contributed by atoms with E-state index < -0.39 is 0 Å². The van der Waals surface area contributed by atoms with E-state index in [1.165, 1.54) is 18.4 Å². The van der Waals surface area contributed by atoms with Gasteiger partial charge in [0.25, 0.3) is 0 Å². The second-order valence-corrected chi connectivity index (χ2v) is 23.3. The quantitative estimate of drug-likeness (QED) is 0.304. The van der Waals surface area contributed by atoms with Gasteiger partial charge in [0.2, 0.25) is 0 Å². The minimum absolute atomic E-state index is 0.148. The number of imidazole rings is 1. The van der Waals surface area contributed by atoms with Gasteiger partial charge in [-0.1, -0.05) is 6.07 Å². The summed E-state index contributed by atoms with van der Waals surface area (Å²) in [6.45, 7) is 0.998. The standard InChI is InChI=1S/C14H16I2N3OPS/c15-21(16)22-20-12-5-6-17-14(12)11-8-19-7-10(9-1-2-9)3-4-13(19)18-11/h3-4,7-9,12,14,17H,1-2,5-6H2/t12-,14+/m0/s1. The number of rotatable bonds is 5. The van der Waals surface area contributed by atoms with Crippen molar-refractivity contribution in [3.63, 3.8) is 0 Å². The van der Waals surface area contributed by atoms with Crippen molar-refractivity contribution in [3.05, 3.63) is 35.8 Å². The molecular weight excluding hydrogens is 543 g/mol. The molecule has 1 aliphatic heterocycles. The van der Waals surface area contributed by atoms with Gasteiger partial charge in [-0.25, -0.2) is 4.98 Å². The van der Waals surface area contributed by atoms with E-state index in [2.05, 4.69) is 78.3 Å². The topological polar surface area (TPSA) is 38.6 Å². The van der Waals surface area contributed by atoms with Crippen LogP contribution in [0.25, 0.3) is 5.65 Å². The molecule has 1 N–H and O–H groups in total. The molecule has 8 heteroatoms. The van der Waals surface area contributed by atoms with E-state index in [-0.39, 0.29) is 14.6 Å². The summed E-state index contributed by atoms with van der Waals surface area (Å²) >= 11 is 6.47. The lowest BCUT2D eigenvalue weighted by atomic mass is 10.1. The number of aromatic nitrogens is 2. The molecule has 0 radical (unpaired) electrons. The Morgan fingerprint density at radius 2 is 2.14 bits per heavy atom. The third-order valence-electron chi connectivity index (χ3n) is 4.25. The largest absolute Gasteiger partial charge is 0.306 e. The molecule has 0 unspecified atom stereocenters. The maximum atomic E-state index is 6.02. The van der Waals surface area contributed by atoms with Gasteiger partial charge < -0.3 is 13.9 Å². The molecule has 1 aliphatic carbocycles. The highest BCUT2D eigenvalue weighted by atomic mass is 127. The van der Waals surface area contributed by atoms with Crippen LogP contribution in [0.4, 0.5) is 0 Å². The Labute approximate surface area is 161 Å². The van der Waals surface area contributed by atoms with Crippen molar-refractivity contribution in [2.75, 3.05) is 6.54 Å². The van der Waals surface area contributed by atoms with Crippen LogP contribution in [0.1, 0.15) is 42.5 Å². The van der Waals surface area contributed by atoms with Crippen molar-refractivity contribution in [3.8, 4) is 0 Å². The van der Waals surface area contributed by atoms with Crippen LogP contribution >= 0.6 is 58.2 Å². The molecule has 4 rings (SSSR count). The van der Waals surface area contributed by atoms with Gasteiger partial charge >= 0.3 is 0 Å². The van der Waals surface area contributed by atoms with Crippen LogP contribution in [0.3, 0.4) is 0 Å². The normalized spacial score (nSPS) is 25.4. The second-order valence-electron chi connectivity index (χ2n) is 5.80. The van der Waals surface area contributed by atoms with Crippen molar-refractivity contribution in [2.45, 2.75) is 37.3 Å². The minimum Gasteiger partial charge on any atom is -0.306 e. The molecule has 0 bridgehead atoms.